The molecule has 0 saturated heterocycles. The van der Waals surface area contributed by atoms with Gasteiger partial charge in [0.05, 0.1) is 0 Å². The van der Waals surface area contributed by atoms with E-state index in [-0.39, 0.29) is 18.5 Å². The summed E-state index contributed by atoms with van der Waals surface area (Å²) in [5, 5.41) is 16.2. The van der Waals surface area contributed by atoms with Crippen molar-refractivity contribution in [3.63, 3.8) is 0 Å². The molecule has 0 unspecified atom stereocenters. The molecular weight excluding hydrogens is 204 g/mol. The average molecular weight is 208 g/mol. The summed E-state index contributed by atoms with van der Waals surface area (Å²) in [5.41, 5.74) is 0. The minimum absolute atomic E-state index is 0.178. The van der Waals surface area contributed by atoms with Gasteiger partial charge in [0.2, 0.25) is 12.8 Å². The third-order valence-electron chi connectivity index (χ3n) is 1.66. The van der Waals surface area contributed by atoms with Gasteiger partial charge in [-0.25, -0.2) is 0 Å². The SMILES string of the molecule is c1nc(N2COC(c3nnco3)=N2)no1. The normalized spacial score (nSPS) is 15.2. The van der Waals surface area contributed by atoms with Crippen LogP contribution in [0.15, 0.2) is 26.8 Å². The molecule has 3 heterocycles. The first-order chi connectivity index (χ1) is 7.43. The van der Waals surface area contributed by atoms with Gasteiger partial charge in [0.1, 0.15) is 0 Å². The van der Waals surface area contributed by atoms with Crippen molar-refractivity contribution in [1.29, 1.82) is 0 Å². The second kappa shape index (κ2) is 3.04. The average Bonchev–Trinajstić information content (AvgIpc) is 3.02. The van der Waals surface area contributed by atoms with Crippen LogP contribution in [0.2, 0.25) is 0 Å². The zero-order valence-corrected chi connectivity index (χ0v) is 7.27. The molecule has 76 valence electrons. The summed E-state index contributed by atoms with van der Waals surface area (Å²) in [6.07, 6.45) is 2.40. The van der Waals surface area contributed by atoms with Crippen molar-refractivity contribution in [2.75, 3.05) is 11.7 Å². The van der Waals surface area contributed by atoms with E-state index in [2.05, 4.69) is 30.0 Å². The van der Waals surface area contributed by atoms with Crippen LogP contribution in [-0.4, -0.2) is 33.0 Å². The quantitative estimate of drug-likeness (QED) is 0.657. The standard InChI is InChI=1S/C6H4N6O3/c1-7-6(11-15-1)12-3-14-5(10-12)4-9-8-2-13-4/h1-2H,3H2. The second-order valence-corrected chi connectivity index (χ2v) is 2.55. The molecule has 0 spiro atoms. The predicted molar refractivity (Wildman–Crippen MR) is 43.6 cm³/mol. The van der Waals surface area contributed by atoms with Gasteiger partial charge >= 0.3 is 5.89 Å². The maximum Gasteiger partial charge on any atom is 0.305 e. The van der Waals surface area contributed by atoms with Crippen molar-refractivity contribution in [3.8, 4) is 0 Å². The molecule has 2 aromatic heterocycles. The number of hydrogen-bond donors (Lipinski definition) is 0. The van der Waals surface area contributed by atoms with Gasteiger partial charge in [-0.3, -0.25) is 0 Å². The van der Waals surface area contributed by atoms with E-state index >= 15 is 0 Å². The Hall–Kier alpha value is -2.45. The van der Waals surface area contributed by atoms with Crippen LogP contribution in [0, 0.1) is 0 Å². The lowest BCUT2D eigenvalue weighted by atomic mass is 10.7. The van der Waals surface area contributed by atoms with E-state index in [1.165, 1.54) is 17.8 Å². The van der Waals surface area contributed by atoms with E-state index in [0.717, 1.165) is 0 Å². The fourth-order valence-corrected chi connectivity index (χ4v) is 1.04. The van der Waals surface area contributed by atoms with Crippen LogP contribution in [0.1, 0.15) is 5.89 Å². The number of ether oxygens (including phenoxy) is 1. The minimum atomic E-state index is 0.178. The summed E-state index contributed by atoms with van der Waals surface area (Å²) in [6.45, 7) is 0.178. The van der Waals surface area contributed by atoms with Gasteiger partial charge in [0.15, 0.2) is 6.73 Å². The molecule has 0 fully saturated rings. The highest BCUT2D eigenvalue weighted by Gasteiger charge is 2.24. The number of aromatic nitrogens is 4. The Morgan fingerprint density at radius 2 is 2.33 bits per heavy atom. The Labute approximate surface area is 82.3 Å². The largest absolute Gasteiger partial charge is 0.449 e. The fourth-order valence-electron chi connectivity index (χ4n) is 1.04. The Kier molecular flexibility index (Phi) is 1.60. The van der Waals surface area contributed by atoms with Crippen LogP contribution in [0.3, 0.4) is 0 Å². The van der Waals surface area contributed by atoms with Crippen molar-refractivity contribution >= 4 is 11.8 Å². The number of anilines is 1. The van der Waals surface area contributed by atoms with Gasteiger partial charge in [-0.05, 0) is 5.16 Å². The molecule has 0 bridgehead atoms. The van der Waals surface area contributed by atoms with Crippen LogP contribution < -0.4 is 5.01 Å². The van der Waals surface area contributed by atoms with Crippen molar-refractivity contribution in [2.24, 2.45) is 5.10 Å². The molecule has 0 amide bonds. The lowest BCUT2D eigenvalue weighted by Crippen LogP contribution is -2.14. The van der Waals surface area contributed by atoms with E-state index < -0.39 is 0 Å². The molecule has 0 radical (unpaired) electrons. The Bertz CT molecular complexity index is 463. The monoisotopic (exact) mass is 208 g/mol. The van der Waals surface area contributed by atoms with Gasteiger partial charge in [-0.1, -0.05) is 0 Å². The summed E-state index contributed by atoms with van der Waals surface area (Å²) in [6, 6.07) is 0. The van der Waals surface area contributed by atoms with Crippen molar-refractivity contribution in [3.05, 3.63) is 18.7 Å². The molecule has 0 N–H and O–H groups in total. The van der Waals surface area contributed by atoms with Crippen LogP contribution in [-0.2, 0) is 4.74 Å². The van der Waals surface area contributed by atoms with Crippen molar-refractivity contribution in [1.82, 2.24) is 20.3 Å². The number of rotatable bonds is 2. The molecule has 2 aromatic rings. The molecule has 15 heavy (non-hydrogen) atoms. The molecule has 3 rings (SSSR count). The van der Waals surface area contributed by atoms with Gasteiger partial charge in [-0.2, -0.15) is 9.99 Å². The van der Waals surface area contributed by atoms with Gasteiger partial charge in [0, 0.05) is 0 Å². The highest BCUT2D eigenvalue weighted by molar-refractivity contribution is 5.91. The Morgan fingerprint density at radius 1 is 1.33 bits per heavy atom. The fraction of sp³-hybridized carbons (Fsp3) is 0.167. The molecule has 0 saturated carbocycles. The van der Waals surface area contributed by atoms with Gasteiger partial charge in [-0.15, -0.1) is 15.3 Å². The predicted octanol–water partition coefficient (Wildman–Crippen LogP) is -0.392. The van der Waals surface area contributed by atoms with Crippen molar-refractivity contribution < 1.29 is 13.7 Å². The van der Waals surface area contributed by atoms with E-state index in [0.29, 0.717) is 5.95 Å². The summed E-state index contributed by atoms with van der Waals surface area (Å²) in [5.74, 6) is 0.753. The van der Waals surface area contributed by atoms with Crippen LogP contribution in [0.25, 0.3) is 0 Å². The highest BCUT2D eigenvalue weighted by Crippen LogP contribution is 2.14. The zero-order chi connectivity index (χ0) is 10.1. The van der Waals surface area contributed by atoms with Crippen LogP contribution in [0.4, 0.5) is 5.95 Å². The minimum Gasteiger partial charge on any atom is -0.449 e. The van der Waals surface area contributed by atoms with Gasteiger partial charge in [0.25, 0.3) is 11.8 Å². The summed E-state index contributed by atoms with van der Waals surface area (Å²) in [4.78, 5) is 3.81. The van der Waals surface area contributed by atoms with Gasteiger partial charge < -0.3 is 13.7 Å². The molecule has 1 aliphatic rings. The number of nitrogens with zero attached hydrogens (tertiary/aromatic N) is 6. The number of hydrazone groups is 1. The molecular formula is C6H4N6O3. The smallest absolute Gasteiger partial charge is 0.305 e. The Morgan fingerprint density at radius 3 is 3.07 bits per heavy atom. The number of hydrogen-bond acceptors (Lipinski definition) is 9. The molecule has 0 atom stereocenters. The van der Waals surface area contributed by atoms with E-state index in [4.69, 9.17) is 9.15 Å². The first-order valence-corrected chi connectivity index (χ1v) is 3.95. The van der Waals surface area contributed by atoms with E-state index in [9.17, 15) is 0 Å². The molecule has 1 aliphatic heterocycles. The van der Waals surface area contributed by atoms with Crippen LogP contribution in [0.5, 0.6) is 0 Å². The molecule has 0 aromatic carbocycles. The maximum absolute atomic E-state index is 5.19. The summed E-state index contributed by atoms with van der Waals surface area (Å²) in [7, 11) is 0. The lowest BCUT2D eigenvalue weighted by molar-refractivity contribution is 0.324. The lowest BCUT2D eigenvalue weighted by Gasteiger charge is -2.02. The van der Waals surface area contributed by atoms with E-state index in [1.807, 2.05) is 0 Å². The van der Waals surface area contributed by atoms with Crippen LogP contribution >= 0.6 is 0 Å². The Balaban J connectivity index is 1.87. The maximum atomic E-state index is 5.19. The molecule has 9 heteroatoms. The summed E-state index contributed by atoms with van der Waals surface area (Å²) >= 11 is 0. The third-order valence-corrected chi connectivity index (χ3v) is 1.66. The van der Waals surface area contributed by atoms with Crippen molar-refractivity contribution in [2.45, 2.75) is 0 Å². The summed E-state index contributed by atoms with van der Waals surface area (Å²) < 4.78 is 14.7. The third kappa shape index (κ3) is 1.29. The molecule has 0 aliphatic carbocycles. The first kappa shape index (κ1) is 7.91. The van der Waals surface area contributed by atoms with E-state index in [1.54, 1.807) is 0 Å². The highest BCUT2D eigenvalue weighted by atomic mass is 16.5. The first-order valence-electron chi connectivity index (χ1n) is 3.95. The second-order valence-electron chi connectivity index (χ2n) is 2.55. The molecule has 9 nitrogen and oxygen atoms in total. The topological polar surface area (TPSA) is 103 Å². The zero-order valence-electron chi connectivity index (χ0n) is 7.27.